The summed E-state index contributed by atoms with van der Waals surface area (Å²) in [6, 6.07) is 7.96. The molecule has 0 heterocycles. The Balaban J connectivity index is 2.82. The van der Waals surface area contributed by atoms with E-state index in [1.165, 1.54) is 0 Å². The predicted molar refractivity (Wildman–Crippen MR) is 77.0 cm³/mol. The van der Waals surface area contributed by atoms with Gasteiger partial charge in [-0.2, -0.15) is 17.0 Å². The van der Waals surface area contributed by atoms with Gasteiger partial charge in [0, 0.05) is 13.1 Å². The van der Waals surface area contributed by atoms with Gasteiger partial charge in [-0.15, -0.1) is 0 Å². The van der Waals surface area contributed by atoms with Crippen LogP contribution >= 0.6 is 23.4 Å². The minimum atomic E-state index is 0.438. The van der Waals surface area contributed by atoms with E-state index in [-0.39, 0.29) is 0 Å². The van der Waals surface area contributed by atoms with Gasteiger partial charge in [0.05, 0.1) is 22.3 Å². The number of nitrogens with zero attached hydrogens (tertiary/aromatic N) is 2. The Morgan fingerprint density at radius 3 is 2.76 bits per heavy atom. The molecule has 92 valence electrons. The summed E-state index contributed by atoms with van der Waals surface area (Å²) >= 11 is 8.03. The maximum atomic E-state index is 8.79. The highest BCUT2D eigenvalue weighted by molar-refractivity contribution is 7.98. The number of anilines is 1. The molecule has 1 aromatic carbocycles. The van der Waals surface area contributed by atoms with Gasteiger partial charge in [0.15, 0.2) is 0 Å². The molecule has 0 radical (unpaired) electrons. The van der Waals surface area contributed by atoms with Gasteiger partial charge >= 0.3 is 0 Å². The molecule has 0 amide bonds. The fraction of sp³-hybridized carbons (Fsp3) is 0.462. The molecule has 1 aromatic rings. The van der Waals surface area contributed by atoms with Crippen LogP contribution in [0.1, 0.15) is 18.9 Å². The van der Waals surface area contributed by atoms with Crippen LogP contribution in [0.5, 0.6) is 0 Å². The van der Waals surface area contributed by atoms with Crippen molar-refractivity contribution >= 4 is 29.1 Å². The van der Waals surface area contributed by atoms with E-state index < -0.39 is 0 Å². The number of nitriles is 1. The van der Waals surface area contributed by atoms with Crippen LogP contribution in [0, 0.1) is 11.3 Å². The van der Waals surface area contributed by atoms with Gasteiger partial charge in [-0.25, -0.2) is 0 Å². The summed E-state index contributed by atoms with van der Waals surface area (Å²) in [6.07, 6.45) is 3.23. The molecule has 17 heavy (non-hydrogen) atoms. The lowest BCUT2D eigenvalue weighted by Gasteiger charge is -2.27. The Morgan fingerprint density at radius 2 is 2.24 bits per heavy atom. The first-order chi connectivity index (χ1) is 8.10. The van der Waals surface area contributed by atoms with Crippen LogP contribution < -0.4 is 4.90 Å². The lowest BCUT2D eigenvalue weighted by Crippen LogP contribution is -2.29. The number of rotatable bonds is 5. The van der Waals surface area contributed by atoms with Crippen molar-refractivity contribution in [2.75, 3.05) is 24.0 Å². The molecule has 0 aliphatic carbocycles. The second-order valence-corrected chi connectivity index (χ2v) is 5.41. The largest absolute Gasteiger partial charge is 0.371 e. The zero-order valence-electron chi connectivity index (χ0n) is 10.4. The molecule has 1 unspecified atom stereocenters. The zero-order chi connectivity index (χ0) is 12.8. The summed E-state index contributed by atoms with van der Waals surface area (Å²) in [5, 5.41) is 9.43. The molecular formula is C13H17ClN2S. The summed E-state index contributed by atoms with van der Waals surface area (Å²) < 4.78 is 0. The molecule has 0 N–H and O–H groups in total. The number of hydrogen-bond donors (Lipinski definition) is 0. The molecule has 2 nitrogen and oxygen atoms in total. The molecule has 0 aliphatic rings. The van der Waals surface area contributed by atoms with Crippen LogP contribution in [-0.2, 0) is 0 Å². The Bertz CT molecular complexity index is 414. The third kappa shape index (κ3) is 3.83. The number of hydrogen-bond acceptors (Lipinski definition) is 3. The van der Waals surface area contributed by atoms with Crippen LogP contribution in [-0.4, -0.2) is 25.1 Å². The van der Waals surface area contributed by atoms with Gasteiger partial charge in [0.1, 0.15) is 0 Å². The molecule has 0 saturated heterocycles. The molecule has 4 heteroatoms. The molecule has 0 bridgehead atoms. The fourth-order valence-electron chi connectivity index (χ4n) is 1.58. The van der Waals surface area contributed by atoms with E-state index in [1.807, 2.05) is 24.9 Å². The Hall–Kier alpha value is -0.850. The first-order valence-corrected chi connectivity index (χ1v) is 7.28. The third-order valence-electron chi connectivity index (χ3n) is 2.86. The molecule has 0 fully saturated rings. The average molecular weight is 269 g/mol. The summed E-state index contributed by atoms with van der Waals surface area (Å²) in [4.78, 5) is 2.17. The van der Waals surface area contributed by atoms with Crippen molar-refractivity contribution in [3.05, 3.63) is 28.8 Å². The maximum absolute atomic E-state index is 8.79. The van der Waals surface area contributed by atoms with Crippen molar-refractivity contribution in [3.8, 4) is 6.07 Å². The highest BCUT2D eigenvalue weighted by Gasteiger charge is 2.12. The van der Waals surface area contributed by atoms with E-state index >= 15 is 0 Å². The van der Waals surface area contributed by atoms with Gasteiger partial charge in [-0.3, -0.25) is 0 Å². The first-order valence-electron chi connectivity index (χ1n) is 5.51. The van der Waals surface area contributed by atoms with Crippen molar-refractivity contribution in [2.45, 2.75) is 19.4 Å². The Labute approximate surface area is 113 Å². The quantitative estimate of drug-likeness (QED) is 0.813. The summed E-state index contributed by atoms with van der Waals surface area (Å²) in [5.74, 6) is 1.14. The lowest BCUT2D eigenvalue weighted by molar-refractivity contribution is 0.669. The second-order valence-electron chi connectivity index (χ2n) is 4.02. The monoisotopic (exact) mass is 268 g/mol. The van der Waals surface area contributed by atoms with Crippen LogP contribution in [0.15, 0.2) is 18.2 Å². The highest BCUT2D eigenvalue weighted by Crippen LogP contribution is 2.28. The standard InChI is InChI=1S/C13H17ClN2S/c1-10(6-7-17-3)16(2)13-5-4-11(9-15)8-12(13)14/h4-5,8,10H,6-7H2,1-3H3. The maximum Gasteiger partial charge on any atom is 0.0992 e. The van der Waals surface area contributed by atoms with E-state index in [2.05, 4.69) is 24.1 Å². The Kier molecular flexibility index (Phi) is 5.67. The molecule has 1 atom stereocenters. The zero-order valence-corrected chi connectivity index (χ0v) is 12.0. The predicted octanol–water partition coefficient (Wildman–Crippen LogP) is 3.79. The third-order valence-corrected chi connectivity index (χ3v) is 3.80. The van der Waals surface area contributed by atoms with Crippen LogP contribution in [0.3, 0.4) is 0 Å². The summed E-state index contributed by atoms with van der Waals surface area (Å²) in [5.41, 5.74) is 1.59. The normalized spacial score (nSPS) is 11.9. The molecule has 0 aromatic heterocycles. The van der Waals surface area contributed by atoms with Gasteiger partial charge in [0.2, 0.25) is 0 Å². The van der Waals surface area contributed by atoms with E-state index in [0.29, 0.717) is 16.6 Å². The second kappa shape index (κ2) is 6.78. The first kappa shape index (κ1) is 14.2. The van der Waals surface area contributed by atoms with Crippen molar-refractivity contribution in [1.29, 1.82) is 5.26 Å². The molecule has 1 rings (SSSR count). The minimum absolute atomic E-state index is 0.438. The smallest absolute Gasteiger partial charge is 0.0992 e. The van der Waals surface area contributed by atoms with E-state index in [9.17, 15) is 0 Å². The van der Waals surface area contributed by atoms with Crippen molar-refractivity contribution < 1.29 is 0 Å². The molecular weight excluding hydrogens is 252 g/mol. The van der Waals surface area contributed by atoms with E-state index in [0.717, 1.165) is 17.9 Å². The highest BCUT2D eigenvalue weighted by atomic mass is 35.5. The Morgan fingerprint density at radius 1 is 1.53 bits per heavy atom. The molecule has 0 saturated carbocycles. The van der Waals surface area contributed by atoms with E-state index in [4.69, 9.17) is 16.9 Å². The van der Waals surface area contributed by atoms with Gasteiger partial charge in [-0.1, -0.05) is 11.6 Å². The minimum Gasteiger partial charge on any atom is -0.371 e. The van der Waals surface area contributed by atoms with Gasteiger partial charge in [0.25, 0.3) is 0 Å². The SMILES string of the molecule is CSCCC(C)N(C)c1ccc(C#N)cc1Cl. The average Bonchev–Trinajstić information content (AvgIpc) is 2.34. The van der Waals surface area contributed by atoms with Gasteiger partial charge < -0.3 is 4.90 Å². The van der Waals surface area contributed by atoms with Gasteiger partial charge in [-0.05, 0) is 43.6 Å². The number of benzene rings is 1. The molecule has 0 aliphatic heterocycles. The fourth-order valence-corrected chi connectivity index (χ4v) is 2.47. The van der Waals surface area contributed by atoms with Crippen LogP contribution in [0.2, 0.25) is 5.02 Å². The van der Waals surface area contributed by atoms with Crippen molar-refractivity contribution in [2.24, 2.45) is 0 Å². The topological polar surface area (TPSA) is 27.0 Å². The summed E-state index contributed by atoms with van der Waals surface area (Å²) in [7, 11) is 2.04. The van der Waals surface area contributed by atoms with Crippen LogP contribution in [0.25, 0.3) is 0 Å². The van der Waals surface area contributed by atoms with E-state index in [1.54, 1.807) is 12.1 Å². The summed E-state index contributed by atoms with van der Waals surface area (Å²) in [6.45, 7) is 2.19. The van der Waals surface area contributed by atoms with Crippen molar-refractivity contribution in [3.63, 3.8) is 0 Å². The lowest BCUT2D eigenvalue weighted by atomic mass is 10.1. The van der Waals surface area contributed by atoms with Crippen LogP contribution in [0.4, 0.5) is 5.69 Å². The number of thioether (sulfide) groups is 1. The van der Waals surface area contributed by atoms with Crippen molar-refractivity contribution in [1.82, 2.24) is 0 Å². The molecule has 0 spiro atoms. The number of halogens is 1.